The van der Waals surface area contributed by atoms with E-state index in [1.54, 1.807) is 28.9 Å². The van der Waals surface area contributed by atoms with Crippen LogP contribution in [-0.2, 0) is 24.8 Å². The topological polar surface area (TPSA) is 85.2 Å². The van der Waals surface area contributed by atoms with E-state index in [1.165, 1.54) is 7.11 Å². The first-order valence-electron chi connectivity index (χ1n) is 7.36. The average Bonchev–Trinajstić information content (AvgIpc) is 2.92. The lowest BCUT2D eigenvalue weighted by Crippen LogP contribution is -2.26. The molecule has 23 heavy (non-hydrogen) atoms. The fourth-order valence-corrected chi connectivity index (χ4v) is 2.77. The first-order chi connectivity index (χ1) is 11.1. The third-order valence-corrected chi connectivity index (χ3v) is 3.91. The van der Waals surface area contributed by atoms with Gasteiger partial charge in [0.1, 0.15) is 0 Å². The van der Waals surface area contributed by atoms with Gasteiger partial charge >= 0.3 is 5.97 Å². The highest BCUT2D eigenvalue weighted by molar-refractivity contribution is 6.07. The fraction of sp³-hybridized carbons (Fsp3) is 0.312. The number of nitrogens with one attached hydrogen (secondary N) is 2. The van der Waals surface area contributed by atoms with Crippen LogP contribution in [0.15, 0.2) is 24.3 Å². The molecule has 0 fully saturated rings. The maximum Gasteiger partial charge on any atom is 0.339 e. The Bertz CT molecular complexity index is 767. The molecule has 0 unspecified atom stereocenters. The quantitative estimate of drug-likeness (QED) is 0.829. The number of methoxy groups -OCH3 is 1. The number of carbonyl (C=O) groups is 2. The summed E-state index contributed by atoms with van der Waals surface area (Å²) in [5.41, 5.74) is 3.08. The highest BCUT2D eigenvalue weighted by atomic mass is 16.5. The molecule has 0 saturated carbocycles. The van der Waals surface area contributed by atoms with E-state index in [2.05, 4.69) is 15.7 Å². The van der Waals surface area contributed by atoms with Crippen molar-refractivity contribution in [2.45, 2.75) is 13.0 Å². The summed E-state index contributed by atoms with van der Waals surface area (Å²) in [6.45, 7) is 1.49. The van der Waals surface area contributed by atoms with Crippen molar-refractivity contribution in [2.24, 2.45) is 7.05 Å². The van der Waals surface area contributed by atoms with Gasteiger partial charge in [0.15, 0.2) is 5.69 Å². The number of rotatable bonds is 3. The van der Waals surface area contributed by atoms with E-state index < -0.39 is 5.97 Å². The standard InChI is InChI=1S/C16H18N4O3/c1-20-13-7-8-17-9-11(13)14(19-20)15(21)18-12-6-4-3-5-10(12)16(22)23-2/h3-6,17H,7-9H2,1-2H3,(H,18,21). The van der Waals surface area contributed by atoms with E-state index in [9.17, 15) is 9.59 Å². The molecule has 0 radical (unpaired) electrons. The number of carbonyl (C=O) groups excluding carboxylic acids is 2. The molecule has 0 saturated heterocycles. The van der Waals surface area contributed by atoms with Crippen molar-refractivity contribution < 1.29 is 14.3 Å². The number of fused-ring (bicyclic) bond motifs is 1. The van der Waals surface area contributed by atoms with E-state index in [4.69, 9.17) is 4.74 Å². The van der Waals surface area contributed by atoms with Gasteiger partial charge in [-0.15, -0.1) is 0 Å². The van der Waals surface area contributed by atoms with Gasteiger partial charge in [0.05, 0.1) is 18.4 Å². The Labute approximate surface area is 133 Å². The molecule has 7 nitrogen and oxygen atoms in total. The molecule has 2 heterocycles. The first-order valence-corrected chi connectivity index (χ1v) is 7.36. The minimum Gasteiger partial charge on any atom is -0.465 e. The molecule has 1 aliphatic rings. The summed E-state index contributed by atoms with van der Waals surface area (Å²) in [4.78, 5) is 24.4. The molecule has 0 bridgehead atoms. The van der Waals surface area contributed by atoms with Crippen LogP contribution in [0.3, 0.4) is 0 Å². The van der Waals surface area contributed by atoms with Gasteiger partial charge in [-0.3, -0.25) is 9.48 Å². The van der Waals surface area contributed by atoms with Crippen LogP contribution >= 0.6 is 0 Å². The Hall–Kier alpha value is -2.67. The lowest BCUT2D eigenvalue weighted by atomic mass is 10.1. The number of anilines is 1. The molecule has 0 atom stereocenters. The molecule has 1 aromatic carbocycles. The van der Waals surface area contributed by atoms with Crippen molar-refractivity contribution in [1.82, 2.24) is 15.1 Å². The largest absolute Gasteiger partial charge is 0.465 e. The molecule has 0 aliphatic carbocycles. The van der Waals surface area contributed by atoms with Crippen LogP contribution in [0.1, 0.15) is 32.1 Å². The Morgan fingerprint density at radius 2 is 2.13 bits per heavy atom. The summed E-state index contributed by atoms with van der Waals surface area (Å²) in [6, 6.07) is 6.74. The Morgan fingerprint density at radius 1 is 1.35 bits per heavy atom. The van der Waals surface area contributed by atoms with E-state index in [1.807, 2.05) is 7.05 Å². The molecule has 2 aromatic rings. The summed E-state index contributed by atoms with van der Waals surface area (Å²) in [5, 5.41) is 10.3. The highest BCUT2D eigenvalue weighted by Gasteiger charge is 2.24. The molecular formula is C16H18N4O3. The number of esters is 1. The van der Waals surface area contributed by atoms with Crippen molar-refractivity contribution in [3.8, 4) is 0 Å². The minimum absolute atomic E-state index is 0.311. The lowest BCUT2D eigenvalue weighted by molar-refractivity contribution is 0.0602. The third-order valence-electron chi connectivity index (χ3n) is 3.91. The van der Waals surface area contributed by atoms with Crippen molar-refractivity contribution in [3.63, 3.8) is 0 Å². The summed E-state index contributed by atoms with van der Waals surface area (Å²) >= 11 is 0. The fourth-order valence-electron chi connectivity index (χ4n) is 2.77. The van der Waals surface area contributed by atoms with Gasteiger partial charge in [0, 0.05) is 37.8 Å². The van der Waals surface area contributed by atoms with Crippen molar-refractivity contribution in [2.75, 3.05) is 19.0 Å². The normalized spacial score (nSPS) is 13.3. The summed E-state index contributed by atoms with van der Waals surface area (Å²) in [6.07, 6.45) is 0.838. The predicted octanol–water partition coefficient (Wildman–Crippen LogP) is 1.10. The summed E-state index contributed by atoms with van der Waals surface area (Å²) in [5.74, 6) is -0.826. The number of aryl methyl sites for hydroxylation is 1. The maximum absolute atomic E-state index is 12.6. The second-order valence-corrected chi connectivity index (χ2v) is 5.32. The van der Waals surface area contributed by atoms with Crippen LogP contribution in [0.25, 0.3) is 0 Å². The van der Waals surface area contributed by atoms with Gasteiger partial charge in [-0.05, 0) is 12.1 Å². The molecule has 1 aromatic heterocycles. The zero-order valence-corrected chi connectivity index (χ0v) is 13.0. The van der Waals surface area contributed by atoms with E-state index in [0.717, 1.165) is 24.2 Å². The smallest absolute Gasteiger partial charge is 0.339 e. The second kappa shape index (κ2) is 6.21. The number of benzene rings is 1. The van der Waals surface area contributed by atoms with Crippen LogP contribution in [0.2, 0.25) is 0 Å². The van der Waals surface area contributed by atoms with Crippen LogP contribution < -0.4 is 10.6 Å². The van der Waals surface area contributed by atoms with Crippen LogP contribution in [-0.4, -0.2) is 35.3 Å². The van der Waals surface area contributed by atoms with Gasteiger partial charge in [-0.1, -0.05) is 12.1 Å². The molecule has 7 heteroatoms. The van der Waals surface area contributed by atoms with Gasteiger partial charge < -0.3 is 15.4 Å². The number of ether oxygens (including phenoxy) is 1. The minimum atomic E-state index is -0.495. The highest BCUT2D eigenvalue weighted by Crippen LogP contribution is 2.21. The number of amides is 1. The number of hydrogen-bond donors (Lipinski definition) is 2. The zero-order valence-electron chi connectivity index (χ0n) is 13.0. The molecular weight excluding hydrogens is 296 g/mol. The molecule has 3 rings (SSSR count). The molecule has 1 aliphatic heterocycles. The van der Waals surface area contributed by atoms with E-state index in [-0.39, 0.29) is 5.91 Å². The molecule has 120 valence electrons. The van der Waals surface area contributed by atoms with Crippen molar-refractivity contribution in [1.29, 1.82) is 0 Å². The number of para-hydroxylation sites is 1. The summed E-state index contributed by atoms with van der Waals surface area (Å²) in [7, 11) is 3.14. The maximum atomic E-state index is 12.6. The van der Waals surface area contributed by atoms with Gasteiger partial charge in [0.25, 0.3) is 5.91 Å². The van der Waals surface area contributed by atoms with Crippen LogP contribution in [0, 0.1) is 0 Å². The lowest BCUT2D eigenvalue weighted by Gasteiger charge is -2.14. The zero-order chi connectivity index (χ0) is 16.4. The first kappa shape index (κ1) is 15.2. The SMILES string of the molecule is COC(=O)c1ccccc1NC(=O)c1nn(C)c2c1CNCC2. The van der Waals surface area contributed by atoms with Crippen molar-refractivity contribution >= 4 is 17.6 Å². The third kappa shape index (κ3) is 2.83. The van der Waals surface area contributed by atoms with Gasteiger partial charge in [0.2, 0.25) is 0 Å². The monoisotopic (exact) mass is 314 g/mol. The Balaban J connectivity index is 1.90. The Kier molecular flexibility index (Phi) is 4.12. The summed E-state index contributed by atoms with van der Waals surface area (Å²) < 4.78 is 6.49. The van der Waals surface area contributed by atoms with Gasteiger partial charge in [-0.2, -0.15) is 5.10 Å². The molecule has 2 N–H and O–H groups in total. The molecule has 0 spiro atoms. The number of hydrogen-bond acceptors (Lipinski definition) is 5. The van der Waals surface area contributed by atoms with E-state index in [0.29, 0.717) is 23.5 Å². The Morgan fingerprint density at radius 3 is 2.91 bits per heavy atom. The molecule has 1 amide bonds. The number of aromatic nitrogens is 2. The van der Waals surface area contributed by atoms with E-state index >= 15 is 0 Å². The van der Waals surface area contributed by atoms with Crippen LogP contribution in [0.5, 0.6) is 0 Å². The van der Waals surface area contributed by atoms with Crippen LogP contribution in [0.4, 0.5) is 5.69 Å². The number of nitrogens with zero attached hydrogens (tertiary/aromatic N) is 2. The van der Waals surface area contributed by atoms with Crippen molar-refractivity contribution in [3.05, 3.63) is 46.8 Å². The predicted molar refractivity (Wildman–Crippen MR) is 84.4 cm³/mol. The second-order valence-electron chi connectivity index (χ2n) is 5.32. The average molecular weight is 314 g/mol. The van der Waals surface area contributed by atoms with Gasteiger partial charge in [-0.25, -0.2) is 4.79 Å².